The van der Waals surface area contributed by atoms with Gasteiger partial charge < -0.3 is 24.1 Å². The number of carbonyl (C=O) groups is 1. The first-order valence-corrected chi connectivity index (χ1v) is 11.7. The summed E-state index contributed by atoms with van der Waals surface area (Å²) < 4.78 is 30.2. The maximum atomic E-state index is 13.7. The first-order chi connectivity index (χ1) is 17.3. The molecule has 0 aliphatic heterocycles. The number of aromatic nitrogens is 1. The molecule has 1 unspecified atom stereocenters. The van der Waals surface area contributed by atoms with Crippen molar-refractivity contribution in [2.24, 2.45) is 0 Å². The molecule has 2 aromatic carbocycles. The normalized spacial score (nSPS) is 12.1. The lowest BCUT2D eigenvalue weighted by atomic mass is 10.0. The Labute approximate surface area is 212 Å². The van der Waals surface area contributed by atoms with E-state index in [0.29, 0.717) is 45.4 Å². The molecule has 0 fully saturated rings. The fourth-order valence-electron chi connectivity index (χ4n) is 3.88. The molecule has 0 aliphatic carbocycles. The van der Waals surface area contributed by atoms with Gasteiger partial charge in [0.15, 0.2) is 22.9 Å². The number of benzene rings is 2. The molecule has 4 aromatic rings. The molecule has 2 heterocycles. The Kier molecular flexibility index (Phi) is 7.88. The Balaban J connectivity index is 1.55. The second kappa shape index (κ2) is 11.1. The van der Waals surface area contributed by atoms with Crippen LogP contribution in [-0.2, 0) is 0 Å². The summed E-state index contributed by atoms with van der Waals surface area (Å²) >= 11 is 5.97. The number of pyridine rings is 1. The third-order valence-electron chi connectivity index (χ3n) is 5.66. The van der Waals surface area contributed by atoms with Crippen LogP contribution in [0.15, 0.2) is 52.9 Å². The standard InChI is InChI=1S/C27H25ClFNO6/c1-15-11-18-13-21(30-26(27(18)36-15)17-3-5-20(29)19(28)12-17)23(33)7-6-22(32)16-4-8-24(35-10-9-31)25(14-16)34-2/h3-5,8,11-14,23,31,33H,6-7,9-10H2,1-2H3. The van der Waals surface area contributed by atoms with Gasteiger partial charge in [0.2, 0.25) is 0 Å². The van der Waals surface area contributed by atoms with Crippen LogP contribution in [0.2, 0.25) is 5.02 Å². The Bertz CT molecular complexity index is 1400. The second-order valence-corrected chi connectivity index (χ2v) is 8.62. The number of rotatable bonds is 10. The van der Waals surface area contributed by atoms with Gasteiger partial charge in [-0.1, -0.05) is 11.6 Å². The SMILES string of the molecule is COc1cc(C(=O)CCC(O)c2cc3cc(C)oc3c(-c3ccc(F)c(Cl)c3)n2)ccc1OCCO. The number of furan rings is 1. The summed E-state index contributed by atoms with van der Waals surface area (Å²) in [5, 5.41) is 20.5. The lowest BCUT2D eigenvalue weighted by Gasteiger charge is -2.13. The molecule has 1 atom stereocenters. The van der Waals surface area contributed by atoms with Crippen molar-refractivity contribution in [3.8, 4) is 22.8 Å². The summed E-state index contributed by atoms with van der Waals surface area (Å²) in [5.74, 6) is 0.714. The minimum absolute atomic E-state index is 0.0505. The van der Waals surface area contributed by atoms with Gasteiger partial charge in [0.1, 0.15) is 23.9 Å². The molecule has 0 radical (unpaired) electrons. The van der Waals surface area contributed by atoms with Crippen LogP contribution in [0.25, 0.3) is 22.2 Å². The summed E-state index contributed by atoms with van der Waals surface area (Å²) in [6, 6.07) is 12.6. The van der Waals surface area contributed by atoms with Gasteiger partial charge in [0.05, 0.1) is 30.5 Å². The second-order valence-electron chi connectivity index (χ2n) is 8.22. The highest BCUT2D eigenvalue weighted by molar-refractivity contribution is 6.31. The molecule has 7 nitrogen and oxygen atoms in total. The van der Waals surface area contributed by atoms with Gasteiger partial charge in [-0.2, -0.15) is 0 Å². The van der Waals surface area contributed by atoms with Crippen molar-refractivity contribution in [3.63, 3.8) is 0 Å². The maximum Gasteiger partial charge on any atom is 0.163 e. The van der Waals surface area contributed by atoms with Crippen molar-refractivity contribution in [2.75, 3.05) is 20.3 Å². The number of aryl methyl sites for hydroxylation is 1. The lowest BCUT2D eigenvalue weighted by molar-refractivity contribution is 0.0937. The zero-order chi connectivity index (χ0) is 25.8. The van der Waals surface area contributed by atoms with Gasteiger partial charge in [-0.15, -0.1) is 0 Å². The number of nitrogens with zero attached hydrogens (tertiary/aromatic N) is 1. The monoisotopic (exact) mass is 513 g/mol. The van der Waals surface area contributed by atoms with Gasteiger partial charge in [0.25, 0.3) is 0 Å². The molecule has 0 amide bonds. The lowest BCUT2D eigenvalue weighted by Crippen LogP contribution is -2.07. The molecular weight excluding hydrogens is 489 g/mol. The number of halogens is 2. The van der Waals surface area contributed by atoms with Crippen molar-refractivity contribution in [3.05, 3.63) is 76.4 Å². The number of ketones is 1. The predicted molar refractivity (Wildman–Crippen MR) is 133 cm³/mol. The minimum Gasteiger partial charge on any atom is -0.493 e. The fourth-order valence-corrected chi connectivity index (χ4v) is 4.06. The van der Waals surface area contributed by atoms with Gasteiger partial charge in [-0.25, -0.2) is 9.37 Å². The van der Waals surface area contributed by atoms with Crippen LogP contribution in [0.4, 0.5) is 4.39 Å². The third-order valence-corrected chi connectivity index (χ3v) is 5.95. The number of carbonyl (C=O) groups excluding carboxylic acids is 1. The van der Waals surface area contributed by atoms with Crippen LogP contribution in [0, 0.1) is 12.7 Å². The first-order valence-electron chi connectivity index (χ1n) is 11.3. The summed E-state index contributed by atoms with van der Waals surface area (Å²) in [6.07, 6.45) is -0.844. The Hall–Kier alpha value is -3.46. The highest BCUT2D eigenvalue weighted by Gasteiger charge is 2.20. The van der Waals surface area contributed by atoms with Crippen LogP contribution in [0.3, 0.4) is 0 Å². The van der Waals surface area contributed by atoms with Crippen LogP contribution in [0.5, 0.6) is 11.5 Å². The number of Topliss-reactive ketones (excluding diaryl/α,β-unsaturated/α-hetero) is 1. The van der Waals surface area contributed by atoms with Crippen molar-refractivity contribution >= 4 is 28.4 Å². The molecule has 9 heteroatoms. The van der Waals surface area contributed by atoms with Gasteiger partial charge >= 0.3 is 0 Å². The van der Waals surface area contributed by atoms with E-state index in [1.807, 2.05) is 6.07 Å². The van der Waals surface area contributed by atoms with E-state index in [1.54, 1.807) is 37.3 Å². The Morgan fingerprint density at radius 2 is 1.97 bits per heavy atom. The molecule has 188 valence electrons. The zero-order valence-electron chi connectivity index (χ0n) is 19.8. The molecule has 0 saturated heterocycles. The third kappa shape index (κ3) is 5.51. The van der Waals surface area contributed by atoms with Gasteiger partial charge in [-0.3, -0.25) is 4.79 Å². The van der Waals surface area contributed by atoms with Crippen LogP contribution >= 0.6 is 11.6 Å². The molecule has 2 N–H and O–H groups in total. The summed E-state index contributed by atoms with van der Waals surface area (Å²) in [6.45, 7) is 1.76. The van der Waals surface area contributed by atoms with Gasteiger partial charge in [0, 0.05) is 22.9 Å². The van der Waals surface area contributed by atoms with E-state index < -0.39 is 11.9 Å². The first kappa shape index (κ1) is 25.6. The van der Waals surface area contributed by atoms with Crippen LogP contribution in [-0.4, -0.2) is 41.3 Å². The average molecular weight is 514 g/mol. The fraction of sp³-hybridized carbons (Fsp3) is 0.259. The smallest absolute Gasteiger partial charge is 0.163 e. The van der Waals surface area contributed by atoms with E-state index in [0.717, 1.165) is 5.39 Å². The topological polar surface area (TPSA) is 102 Å². The summed E-state index contributed by atoms with van der Waals surface area (Å²) in [7, 11) is 1.46. The van der Waals surface area contributed by atoms with Crippen molar-refractivity contribution in [1.29, 1.82) is 0 Å². The number of hydrogen-bond donors (Lipinski definition) is 2. The zero-order valence-corrected chi connectivity index (χ0v) is 20.5. The van der Waals surface area contributed by atoms with E-state index in [1.165, 1.54) is 19.2 Å². The van der Waals surface area contributed by atoms with E-state index in [9.17, 15) is 14.3 Å². The molecule has 0 saturated carbocycles. The Morgan fingerprint density at radius 3 is 2.69 bits per heavy atom. The summed E-state index contributed by atoms with van der Waals surface area (Å²) in [5.41, 5.74) is 2.23. The number of ether oxygens (including phenoxy) is 2. The van der Waals surface area contributed by atoms with E-state index >= 15 is 0 Å². The highest BCUT2D eigenvalue weighted by Crippen LogP contribution is 2.34. The average Bonchev–Trinajstić information content (AvgIpc) is 3.26. The van der Waals surface area contributed by atoms with Crippen molar-refractivity contribution in [1.82, 2.24) is 4.98 Å². The van der Waals surface area contributed by atoms with E-state index in [4.69, 9.17) is 30.6 Å². The molecule has 2 aromatic heterocycles. The minimum atomic E-state index is -1.03. The number of methoxy groups -OCH3 is 1. The Morgan fingerprint density at radius 1 is 1.17 bits per heavy atom. The maximum absolute atomic E-state index is 13.7. The van der Waals surface area contributed by atoms with Crippen LogP contribution in [0.1, 0.15) is 40.8 Å². The number of hydrogen-bond acceptors (Lipinski definition) is 7. The quantitative estimate of drug-likeness (QED) is 0.263. The van der Waals surface area contributed by atoms with Crippen LogP contribution < -0.4 is 9.47 Å². The number of aliphatic hydroxyl groups is 2. The highest BCUT2D eigenvalue weighted by atomic mass is 35.5. The number of aliphatic hydroxyl groups excluding tert-OH is 2. The molecule has 0 aliphatic rings. The molecule has 0 spiro atoms. The molecular formula is C27H25ClFNO6. The molecule has 36 heavy (non-hydrogen) atoms. The van der Waals surface area contributed by atoms with Gasteiger partial charge in [-0.05, 0) is 61.9 Å². The molecule has 0 bridgehead atoms. The largest absolute Gasteiger partial charge is 0.493 e. The number of fused-ring (bicyclic) bond motifs is 1. The summed E-state index contributed by atoms with van der Waals surface area (Å²) in [4.78, 5) is 17.4. The van der Waals surface area contributed by atoms with E-state index in [2.05, 4.69) is 4.98 Å². The van der Waals surface area contributed by atoms with E-state index in [-0.39, 0.29) is 36.9 Å². The predicted octanol–water partition coefficient (Wildman–Crippen LogP) is 5.67. The van der Waals surface area contributed by atoms with Crippen molar-refractivity contribution in [2.45, 2.75) is 25.9 Å². The van der Waals surface area contributed by atoms with Crippen molar-refractivity contribution < 1.29 is 33.3 Å². The molecule has 4 rings (SSSR count).